The number of para-hydroxylation sites is 2. The lowest BCUT2D eigenvalue weighted by Gasteiger charge is -2.12. The van der Waals surface area contributed by atoms with E-state index in [1.54, 1.807) is 25.6 Å². The number of pyridine rings is 1. The van der Waals surface area contributed by atoms with Gasteiger partial charge in [0.05, 0.1) is 22.9 Å². The van der Waals surface area contributed by atoms with Crippen LogP contribution in [0.1, 0.15) is 10.4 Å². The first-order valence-electron chi connectivity index (χ1n) is 8.00. The quantitative estimate of drug-likeness (QED) is 0.576. The van der Waals surface area contributed by atoms with E-state index in [1.807, 2.05) is 48.5 Å². The zero-order valence-electron chi connectivity index (χ0n) is 14.0. The highest BCUT2D eigenvalue weighted by molar-refractivity contribution is 7.22. The molecule has 2 heterocycles. The summed E-state index contributed by atoms with van der Waals surface area (Å²) in [5.41, 5.74) is 2.91. The van der Waals surface area contributed by atoms with Crippen LogP contribution in [0.2, 0.25) is 0 Å². The van der Waals surface area contributed by atoms with E-state index in [2.05, 4.69) is 15.3 Å². The third-order valence-corrected chi connectivity index (χ3v) is 4.93. The van der Waals surface area contributed by atoms with Crippen molar-refractivity contribution in [1.82, 2.24) is 9.97 Å². The number of aromatic nitrogens is 2. The van der Waals surface area contributed by atoms with Gasteiger partial charge in [-0.1, -0.05) is 41.7 Å². The van der Waals surface area contributed by atoms with Crippen LogP contribution in [0.3, 0.4) is 0 Å². The molecule has 0 saturated heterocycles. The molecule has 0 saturated carbocycles. The largest absolute Gasteiger partial charge is 0.496 e. The molecular weight excluding hydrogens is 346 g/mol. The van der Waals surface area contributed by atoms with Gasteiger partial charge in [-0.3, -0.25) is 15.1 Å². The van der Waals surface area contributed by atoms with E-state index in [0.717, 1.165) is 15.8 Å². The maximum atomic E-state index is 12.9. The van der Waals surface area contributed by atoms with Crippen LogP contribution in [0.15, 0.2) is 67.0 Å². The SMILES string of the molecule is COc1ccccc1-c1cnccc1C(=O)Nc1nc2ccccc2s1. The predicted molar refractivity (Wildman–Crippen MR) is 104 cm³/mol. The lowest BCUT2D eigenvalue weighted by molar-refractivity contribution is 0.102. The van der Waals surface area contributed by atoms with Gasteiger partial charge < -0.3 is 4.74 Å². The lowest BCUT2D eigenvalue weighted by Crippen LogP contribution is -2.13. The summed E-state index contributed by atoms with van der Waals surface area (Å²) < 4.78 is 6.45. The number of thiazole rings is 1. The van der Waals surface area contributed by atoms with Gasteiger partial charge in [0.1, 0.15) is 5.75 Å². The van der Waals surface area contributed by atoms with Crippen LogP contribution in [0.25, 0.3) is 21.3 Å². The molecule has 6 heteroatoms. The molecule has 4 rings (SSSR count). The Labute approximate surface area is 154 Å². The molecule has 0 aliphatic carbocycles. The second-order valence-corrected chi connectivity index (χ2v) is 6.59. The zero-order valence-corrected chi connectivity index (χ0v) is 14.8. The highest BCUT2D eigenvalue weighted by Gasteiger charge is 2.17. The van der Waals surface area contributed by atoms with Crippen molar-refractivity contribution in [3.8, 4) is 16.9 Å². The molecule has 26 heavy (non-hydrogen) atoms. The molecule has 0 bridgehead atoms. The first-order valence-corrected chi connectivity index (χ1v) is 8.82. The van der Waals surface area contributed by atoms with Crippen molar-refractivity contribution >= 4 is 32.6 Å². The average molecular weight is 361 g/mol. The normalized spacial score (nSPS) is 10.7. The number of carbonyl (C=O) groups is 1. The zero-order chi connectivity index (χ0) is 17.9. The van der Waals surface area contributed by atoms with Crippen LogP contribution in [0.5, 0.6) is 5.75 Å². The van der Waals surface area contributed by atoms with Crippen LogP contribution in [-0.2, 0) is 0 Å². The van der Waals surface area contributed by atoms with Crippen molar-refractivity contribution in [3.05, 3.63) is 72.6 Å². The van der Waals surface area contributed by atoms with Crippen molar-refractivity contribution in [1.29, 1.82) is 0 Å². The number of nitrogens with zero attached hydrogens (tertiary/aromatic N) is 2. The predicted octanol–water partition coefficient (Wildman–Crippen LogP) is 4.62. The number of anilines is 1. The van der Waals surface area contributed by atoms with E-state index in [9.17, 15) is 4.79 Å². The van der Waals surface area contributed by atoms with Crippen LogP contribution in [0, 0.1) is 0 Å². The Hall–Kier alpha value is -3.25. The third-order valence-electron chi connectivity index (χ3n) is 3.98. The molecule has 5 nitrogen and oxygen atoms in total. The molecule has 1 amide bonds. The van der Waals surface area contributed by atoms with E-state index in [0.29, 0.717) is 22.0 Å². The number of carbonyl (C=O) groups excluding carboxylic acids is 1. The fraction of sp³-hybridized carbons (Fsp3) is 0.0500. The van der Waals surface area contributed by atoms with Crippen LogP contribution in [-0.4, -0.2) is 23.0 Å². The topological polar surface area (TPSA) is 64.1 Å². The lowest BCUT2D eigenvalue weighted by atomic mass is 10.0. The summed E-state index contributed by atoms with van der Waals surface area (Å²) in [5.74, 6) is 0.460. The van der Waals surface area contributed by atoms with Gasteiger partial charge in [0.2, 0.25) is 0 Å². The van der Waals surface area contributed by atoms with Gasteiger partial charge in [0.15, 0.2) is 5.13 Å². The number of hydrogen-bond donors (Lipinski definition) is 1. The Balaban J connectivity index is 1.70. The summed E-state index contributed by atoms with van der Waals surface area (Å²) in [6.07, 6.45) is 3.28. The molecule has 2 aromatic heterocycles. The molecule has 4 aromatic rings. The first kappa shape index (κ1) is 16.2. The third kappa shape index (κ3) is 3.02. The fourth-order valence-corrected chi connectivity index (χ4v) is 3.63. The average Bonchev–Trinajstić information content (AvgIpc) is 3.10. The second kappa shape index (κ2) is 6.93. The van der Waals surface area contributed by atoms with Gasteiger partial charge >= 0.3 is 0 Å². The van der Waals surface area contributed by atoms with Gasteiger partial charge in [0, 0.05) is 23.5 Å². The number of ether oxygens (including phenoxy) is 1. The molecule has 0 aliphatic rings. The van der Waals surface area contributed by atoms with Crippen LogP contribution in [0.4, 0.5) is 5.13 Å². The molecule has 0 spiro atoms. The minimum atomic E-state index is -0.229. The van der Waals surface area contributed by atoms with Crippen molar-refractivity contribution < 1.29 is 9.53 Å². The molecule has 0 aliphatic heterocycles. The van der Waals surface area contributed by atoms with Gasteiger partial charge in [-0.05, 0) is 24.3 Å². The number of hydrogen-bond acceptors (Lipinski definition) is 5. The monoisotopic (exact) mass is 361 g/mol. The van der Waals surface area contributed by atoms with E-state index in [1.165, 1.54) is 11.3 Å². The Morgan fingerprint density at radius 3 is 2.69 bits per heavy atom. The number of nitrogens with one attached hydrogen (secondary N) is 1. The Bertz CT molecular complexity index is 1060. The Morgan fingerprint density at radius 1 is 1.04 bits per heavy atom. The minimum Gasteiger partial charge on any atom is -0.496 e. The van der Waals surface area contributed by atoms with Crippen molar-refractivity contribution in [2.24, 2.45) is 0 Å². The molecular formula is C20H15N3O2S. The molecule has 0 fully saturated rings. The summed E-state index contributed by atoms with van der Waals surface area (Å²) in [5, 5.41) is 3.46. The van der Waals surface area contributed by atoms with Crippen molar-refractivity contribution in [3.63, 3.8) is 0 Å². The first-order chi connectivity index (χ1) is 12.8. The maximum absolute atomic E-state index is 12.9. The summed E-state index contributed by atoms with van der Waals surface area (Å²) in [7, 11) is 1.61. The molecule has 2 aromatic carbocycles. The number of methoxy groups -OCH3 is 1. The van der Waals surface area contributed by atoms with Gasteiger partial charge in [-0.25, -0.2) is 4.98 Å². The van der Waals surface area contributed by atoms with E-state index < -0.39 is 0 Å². The number of rotatable bonds is 4. The van der Waals surface area contributed by atoms with Crippen LogP contribution < -0.4 is 10.1 Å². The maximum Gasteiger partial charge on any atom is 0.258 e. The summed E-state index contributed by atoms with van der Waals surface area (Å²) >= 11 is 1.45. The Kier molecular flexibility index (Phi) is 4.33. The number of fused-ring (bicyclic) bond motifs is 1. The number of amides is 1. The summed E-state index contributed by atoms with van der Waals surface area (Å²) in [6, 6.07) is 17.0. The van der Waals surface area contributed by atoms with E-state index in [4.69, 9.17) is 4.74 Å². The summed E-state index contributed by atoms with van der Waals surface area (Å²) in [4.78, 5) is 21.5. The minimum absolute atomic E-state index is 0.229. The van der Waals surface area contributed by atoms with Crippen LogP contribution >= 0.6 is 11.3 Å². The highest BCUT2D eigenvalue weighted by atomic mass is 32.1. The van der Waals surface area contributed by atoms with Crippen molar-refractivity contribution in [2.45, 2.75) is 0 Å². The Morgan fingerprint density at radius 2 is 1.85 bits per heavy atom. The smallest absolute Gasteiger partial charge is 0.258 e. The molecule has 0 atom stereocenters. The van der Waals surface area contributed by atoms with E-state index in [-0.39, 0.29) is 5.91 Å². The second-order valence-electron chi connectivity index (χ2n) is 5.56. The van der Waals surface area contributed by atoms with E-state index >= 15 is 0 Å². The van der Waals surface area contributed by atoms with Gasteiger partial charge in [-0.15, -0.1) is 0 Å². The number of benzene rings is 2. The molecule has 0 radical (unpaired) electrons. The standard InChI is InChI=1S/C20H15N3O2S/c1-25-17-8-4-2-6-13(17)15-12-21-11-10-14(15)19(24)23-20-22-16-7-3-5-9-18(16)26-20/h2-12H,1H3,(H,22,23,24). The highest BCUT2D eigenvalue weighted by Crippen LogP contribution is 2.32. The fourth-order valence-electron chi connectivity index (χ4n) is 2.76. The van der Waals surface area contributed by atoms with Gasteiger partial charge in [-0.2, -0.15) is 0 Å². The summed E-state index contributed by atoms with van der Waals surface area (Å²) in [6.45, 7) is 0. The van der Waals surface area contributed by atoms with Gasteiger partial charge in [0.25, 0.3) is 5.91 Å². The molecule has 1 N–H and O–H groups in total. The molecule has 128 valence electrons. The molecule has 0 unspecified atom stereocenters. The van der Waals surface area contributed by atoms with Crippen molar-refractivity contribution in [2.75, 3.05) is 12.4 Å².